The fourth-order valence-electron chi connectivity index (χ4n) is 1.11. The summed E-state index contributed by atoms with van der Waals surface area (Å²) in [5.41, 5.74) is 0.451. The van der Waals surface area contributed by atoms with Gasteiger partial charge in [-0.05, 0) is 28.1 Å². The van der Waals surface area contributed by atoms with E-state index in [1.807, 2.05) is 0 Å². The van der Waals surface area contributed by atoms with Crippen molar-refractivity contribution in [2.24, 2.45) is 0 Å². The van der Waals surface area contributed by atoms with Crippen molar-refractivity contribution in [2.45, 2.75) is 6.18 Å². The lowest BCUT2D eigenvalue weighted by Crippen LogP contribution is -2.22. The molecule has 0 unspecified atom stereocenters. The number of ether oxygens (including phenoxy) is 1. The number of halogens is 4. The number of nitrogens with one attached hydrogen (secondary N) is 1. The van der Waals surface area contributed by atoms with Crippen LogP contribution >= 0.6 is 15.9 Å². The molecule has 0 spiro atoms. The minimum absolute atomic E-state index is 0.451. The molecular formula is C11H9BrF3NO2. The Hall–Kier alpha value is -1.50. The molecule has 0 aliphatic heterocycles. The Kier molecular flexibility index (Phi) is 4.77. The molecule has 7 heteroatoms. The highest BCUT2D eigenvalue weighted by atomic mass is 79.9. The molecule has 0 aliphatic rings. The predicted octanol–water partition coefficient (Wildman–Crippen LogP) is 3.47. The second kappa shape index (κ2) is 5.90. The smallest absolute Gasteiger partial charge is 0.455 e. The average molecular weight is 324 g/mol. The number of Topliss-reactive ketones (excluding diaryl/α,β-unsaturated/α-hetero) is 1. The van der Waals surface area contributed by atoms with Crippen LogP contribution in [0.1, 0.15) is 0 Å². The topological polar surface area (TPSA) is 38.3 Å². The Morgan fingerprint density at radius 2 is 2.00 bits per heavy atom. The summed E-state index contributed by atoms with van der Waals surface area (Å²) in [5.74, 6) is -1.50. The Balaban J connectivity index is 2.83. The van der Waals surface area contributed by atoms with E-state index in [0.29, 0.717) is 11.4 Å². The van der Waals surface area contributed by atoms with Crippen molar-refractivity contribution in [2.75, 3.05) is 12.4 Å². The third kappa shape index (κ3) is 3.76. The summed E-state index contributed by atoms with van der Waals surface area (Å²) < 4.78 is 40.7. The first kappa shape index (κ1) is 14.6. The fourth-order valence-corrected chi connectivity index (χ4v) is 1.45. The summed E-state index contributed by atoms with van der Waals surface area (Å²) in [6.07, 6.45) is -3.98. The van der Waals surface area contributed by atoms with Crippen LogP contribution in [0.25, 0.3) is 0 Å². The number of benzene rings is 1. The van der Waals surface area contributed by atoms with Gasteiger partial charge >= 0.3 is 6.18 Å². The molecule has 1 aromatic carbocycles. The van der Waals surface area contributed by atoms with Gasteiger partial charge < -0.3 is 10.1 Å². The molecule has 0 saturated heterocycles. The predicted molar refractivity (Wildman–Crippen MR) is 64.7 cm³/mol. The molecule has 1 rings (SSSR count). The highest BCUT2D eigenvalue weighted by Gasteiger charge is 2.39. The largest absolute Gasteiger partial charge is 0.495 e. The molecule has 0 saturated carbocycles. The maximum absolute atomic E-state index is 12.1. The molecule has 98 valence electrons. The van der Waals surface area contributed by atoms with Crippen molar-refractivity contribution in [3.05, 3.63) is 34.9 Å². The summed E-state index contributed by atoms with van der Waals surface area (Å²) in [5, 5.41) is 2.56. The Labute approximate surface area is 110 Å². The lowest BCUT2D eigenvalue weighted by atomic mass is 10.3. The van der Waals surface area contributed by atoms with Crippen LogP contribution in [0.3, 0.4) is 0 Å². The van der Waals surface area contributed by atoms with Crippen molar-refractivity contribution in [1.29, 1.82) is 0 Å². The quantitative estimate of drug-likeness (QED) is 0.862. The molecule has 0 aliphatic carbocycles. The lowest BCUT2D eigenvalue weighted by Gasteiger charge is -2.08. The number of anilines is 1. The van der Waals surface area contributed by atoms with Gasteiger partial charge in [0.25, 0.3) is 5.78 Å². The number of ketones is 1. The molecule has 1 aromatic rings. The van der Waals surface area contributed by atoms with Gasteiger partial charge in [0.15, 0.2) is 0 Å². The summed E-state index contributed by atoms with van der Waals surface area (Å²) in [6.45, 7) is 0. The first-order valence-electron chi connectivity index (χ1n) is 4.73. The minimum Gasteiger partial charge on any atom is -0.495 e. The van der Waals surface area contributed by atoms with Crippen LogP contribution in [0.15, 0.2) is 34.9 Å². The van der Waals surface area contributed by atoms with Crippen LogP contribution in [0.5, 0.6) is 5.75 Å². The van der Waals surface area contributed by atoms with Gasteiger partial charge in [0.05, 0.1) is 17.3 Å². The second-order valence-corrected chi connectivity index (χ2v) is 4.02. The normalized spacial score (nSPS) is 12.2. The molecule has 0 radical (unpaired) electrons. The molecule has 1 N–H and O–H groups in total. The maximum Gasteiger partial charge on any atom is 0.455 e. The molecule has 0 fully saturated rings. The summed E-state index contributed by atoms with van der Waals surface area (Å²) in [6, 6.07) is 6.63. The van der Waals surface area contributed by atoms with E-state index in [1.165, 1.54) is 7.11 Å². The number of allylic oxidation sites excluding steroid dienone is 1. The number of hydrogen-bond donors (Lipinski definition) is 1. The van der Waals surface area contributed by atoms with Crippen molar-refractivity contribution in [3.63, 3.8) is 0 Å². The van der Waals surface area contributed by atoms with Crippen LogP contribution in [-0.4, -0.2) is 19.1 Å². The van der Waals surface area contributed by atoms with Gasteiger partial charge in [-0.2, -0.15) is 13.2 Å². The SMILES string of the molecule is COc1ccccc1N/C=C(/Br)C(=O)C(F)(F)F. The van der Waals surface area contributed by atoms with Crippen molar-refractivity contribution in [1.82, 2.24) is 0 Å². The molecule has 0 aromatic heterocycles. The highest BCUT2D eigenvalue weighted by Crippen LogP contribution is 2.26. The van der Waals surface area contributed by atoms with Crippen molar-refractivity contribution < 1.29 is 22.7 Å². The molecule has 0 bridgehead atoms. The van der Waals surface area contributed by atoms with Gasteiger partial charge in [-0.3, -0.25) is 4.79 Å². The standard InChI is InChI=1S/C11H9BrF3NO2/c1-18-9-5-3-2-4-8(9)16-6-7(12)10(17)11(13,14)15/h2-6,16H,1H3/b7-6+. The molecule has 18 heavy (non-hydrogen) atoms. The van der Waals surface area contributed by atoms with E-state index in [-0.39, 0.29) is 0 Å². The lowest BCUT2D eigenvalue weighted by molar-refractivity contribution is -0.165. The molecule has 3 nitrogen and oxygen atoms in total. The van der Waals surface area contributed by atoms with Gasteiger partial charge in [-0.1, -0.05) is 12.1 Å². The van der Waals surface area contributed by atoms with Gasteiger partial charge in [0.1, 0.15) is 5.75 Å². The number of carbonyl (C=O) groups excluding carboxylic acids is 1. The summed E-state index contributed by atoms with van der Waals surface area (Å²) in [4.78, 5) is 10.8. The van der Waals surface area contributed by atoms with Gasteiger partial charge in [0, 0.05) is 6.20 Å². The fraction of sp³-hybridized carbons (Fsp3) is 0.182. The third-order valence-electron chi connectivity index (χ3n) is 1.94. The number of rotatable bonds is 4. The molecule has 0 atom stereocenters. The zero-order chi connectivity index (χ0) is 13.8. The van der Waals surface area contributed by atoms with E-state index >= 15 is 0 Å². The molecular weight excluding hydrogens is 315 g/mol. The Morgan fingerprint density at radius 3 is 2.56 bits per heavy atom. The summed E-state index contributed by atoms with van der Waals surface area (Å²) >= 11 is 2.57. The van der Waals surface area contributed by atoms with Crippen LogP contribution in [0, 0.1) is 0 Å². The van der Waals surface area contributed by atoms with Gasteiger partial charge in [-0.25, -0.2) is 0 Å². The number of methoxy groups -OCH3 is 1. The number of para-hydroxylation sites is 2. The van der Waals surface area contributed by atoms with E-state index in [9.17, 15) is 18.0 Å². The van der Waals surface area contributed by atoms with E-state index < -0.39 is 16.4 Å². The van der Waals surface area contributed by atoms with E-state index in [1.54, 1.807) is 24.3 Å². The number of carbonyl (C=O) groups is 1. The summed E-state index contributed by atoms with van der Waals surface area (Å²) in [7, 11) is 1.43. The van der Waals surface area contributed by atoms with Gasteiger partial charge in [0.2, 0.25) is 0 Å². The zero-order valence-electron chi connectivity index (χ0n) is 9.22. The third-order valence-corrected chi connectivity index (χ3v) is 2.52. The number of hydrogen-bond acceptors (Lipinski definition) is 3. The van der Waals surface area contributed by atoms with Crippen LogP contribution in [0.4, 0.5) is 18.9 Å². The van der Waals surface area contributed by atoms with Crippen molar-refractivity contribution >= 4 is 27.4 Å². The van der Waals surface area contributed by atoms with Crippen LogP contribution < -0.4 is 10.1 Å². The average Bonchev–Trinajstić information content (AvgIpc) is 2.34. The number of alkyl halides is 3. The second-order valence-electron chi connectivity index (χ2n) is 3.16. The van der Waals surface area contributed by atoms with Crippen molar-refractivity contribution in [3.8, 4) is 5.75 Å². The minimum atomic E-state index is -4.90. The highest BCUT2D eigenvalue weighted by molar-refractivity contribution is 9.12. The zero-order valence-corrected chi connectivity index (χ0v) is 10.8. The van der Waals surface area contributed by atoms with E-state index in [4.69, 9.17) is 4.74 Å². The first-order valence-corrected chi connectivity index (χ1v) is 5.52. The maximum atomic E-state index is 12.1. The van der Waals surface area contributed by atoms with Crippen LogP contribution in [-0.2, 0) is 4.79 Å². The monoisotopic (exact) mass is 323 g/mol. The van der Waals surface area contributed by atoms with Gasteiger partial charge in [-0.15, -0.1) is 0 Å². The Bertz CT molecular complexity index is 472. The van der Waals surface area contributed by atoms with E-state index in [2.05, 4.69) is 21.2 Å². The molecule has 0 heterocycles. The Morgan fingerprint density at radius 1 is 1.39 bits per heavy atom. The van der Waals surface area contributed by atoms with E-state index in [0.717, 1.165) is 6.20 Å². The van der Waals surface area contributed by atoms with Crippen LogP contribution in [0.2, 0.25) is 0 Å². The first-order chi connectivity index (χ1) is 8.36. The molecule has 0 amide bonds.